The topological polar surface area (TPSA) is 37.8 Å². The number of hydrogen-bond acceptors (Lipinski definition) is 4. The van der Waals surface area contributed by atoms with Crippen molar-refractivity contribution in [3.05, 3.63) is 5.82 Å². The van der Waals surface area contributed by atoms with Gasteiger partial charge in [0.1, 0.15) is 5.82 Å². The molecule has 82 valence electrons. The van der Waals surface area contributed by atoms with Gasteiger partial charge in [0.25, 0.3) is 0 Å². The molecule has 1 unspecified atom stereocenters. The van der Waals surface area contributed by atoms with Gasteiger partial charge in [-0.1, -0.05) is 33.1 Å². The van der Waals surface area contributed by atoms with Gasteiger partial charge >= 0.3 is 0 Å². The zero-order valence-electron chi connectivity index (χ0n) is 9.45. The standard InChI is InChI=1S/C11H17N3S/c1-5-7-9(6-2)12-11-13-10(8(3)4)14-15-11/h2,8-9H,5,7H2,1,3-4H3,(H,12,13,14). The first-order valence-corrected chi connectivity index (χ1v) is 6.01. The molecular weight excluding hydrogens is 206 g/mol. The van der Waals surface area contributed by atoms with Crippen molar-refractivity contribution in [2.75, 3.05) is 5.32 Å². The summed E-state index contributed by atoms with van der Waals surface area (Å²) < 4.78 is 4.26. The molecule has 15 heavy (non-hydrogen) atoms. The molecule has 1 atom stereocenters. The van der Waals surface area contributed by atoms with E-state index in [-0.39, 0.29) is 6.04 Å². The Morgan fingerprint density at radius 3 is 2.73 bits per heavy atom. The molecule has 0 saturated heterocycles. The summed E-state index contributed by atoms with van der Waals surface area (Å²) in [5.41, 5.74) is 0. The molecule has 1 N–H and O–H groups in total. The maximum Gasteiger partial charge on any atom is 0.203 e. The third kappa shape index (κ3) is 3.52. The van der Waals surface area contributed by atoms with E-state index in [1.807, 2.05) is 0 Å². The van der Waals surface area contributed by atoms with Gasteiger partial charge in [0.2, 0.25) is 5.13 Å². The minimum absolute atomic E-state index is 0.0722. The average molecular weight is 223 g/mol. The summed E-state index contributed by atoms with van der Waals surface area (Å²) in [4.78, 5) is 4.38. The van der Waals surface area contributed by atoms with Gasteiger partial charge in [0.05, 0.1) is 6.04 Å². The van der Waals surface area contributed by atoms with Gasteiger partial charge < -0.3 is 5.32 Å². The first-order valence-electron chi connectivity index (χ1n) is 5.23. The fourth-order valence-electron chi connectivity index (χ4n) is 1.16. The maximum atomic E-state index is 5.42. The smallest absolute Gasteiger partial charge is 0.203 e. The molecule has 1 aromatic rings. The normalized spacial score (nSPS) is 12.5. The molecule has 0 radical (unpaired) electrons. The predicted molar refractivity (Wildman–Crippen MR) is 65.1 cm³/mol. The summed E-state index contributed by atoms with van der Waals surface area (Å²) in [6, 6.07) is 0.0722. The van der Waals surface area contributed by atoms with Gasteiger partial charge in [-0.3, -0.25) is 0 Å². The van der Waals surface area contributed by atoms with Gasteiger partial charge in [0, 0.05) is 17.5 Å². The van der Waals surface area contributed by atoms with E-state index in [1.54, 1.807) is 0 Å². The van der Waals surface area contributed by atoms with Crippen LogP contribution in [-0.2, 0) is 0 Å². The summed E-state index contributed by atoms with van der Waals surface area (Å²) in [6.07, 6.45) is 7.45. The Morgan fingerprint density at radius 1 is 1.53 bits per heavy atom. The molecule has 3 nitrogen and oxygen atoms in total. The van der Waals surface area contributed by atoms with E-state index in [9.17, 15) is 0 Å². The van der Waals surface area contributed by atoms with E-state index in [4.69, 9.17) is 6.42 Å². The highest BCUT2D eigenvalue weighted by atomic mass is 32.1. The van der Waals surface area contributed by atoms with E-state index in [1.165, 1.54) is 11.5 Å². The van der Waals surface area contributed by atoms with E-state index in [0.29, 0.717) is 5.92 Å². The van der Waals surface area contributed by atoms with Crippen molar-refractivity contribution in [2.45, 2.75) is 45.6 Å². The highest BCUT2D eigenvalue weighted by Gasteiger charge is 2.10. The van der Waals surface area contributed by atoms with Crippen LogP contribution in [0.15, 0.2) is 0 Å². The zero-order valence-corrected chi connectivity index (χ0v) is 10.3. The predicted octanol–water partition coefficient (Wildman–Crippen LogP) is 2.88. The lowest BCUT2D eigenvalue weighted by Gasteiger charge is -2.09. The molecule has 4 heteroatoms. The molecule has 0 aliphatic heterocycles. The van der Waals surface area contributed by atoms with Crippen molar-refractivity contribution in [3.63, 3.8) is 0 Å². The lowest BCUT2D eigenvalue weighted by Crippen LogP contribution is -2.16. The number of aromatic nitrogens is 2. The van der Waals surface area contributed by atoms with E-state index in [2.05, 4.69) is 41.4 Å². The van der Waals surface area contributed by atoms with Crippen LogP contribution in [0.25, 0.3) is 0 Å². The van der Waals surface area contributed by atoms with Crippen LogP contribution in [-0.4, -0.2) is 15.4 Å². The number of terminal acetylenes is 1. The fraction of sp³-hybridized carbons (Fsp3) is 0.636. The summed E-state index contributed by atoms with van der Waals surface area (Å²) >= 11 is 1.38. The molecule has 1 aromatic heterocycles. The largest absolute Gasteiger partial charge is 0.347 e. The first-order chi connectivity index (χ1) is 7.17. The average Bonchev–Trinajstić information content (AvgIpc) is 2.65. The number of anilines is 1. The summed E-state index contributed by atoms with van der Waals surface area (Å²) in [5, 5.41) is 4.04. The lowest BCUT2D eigenvalue weighted by molar-refractivity contribution is 0.751. The molecule has 0 spiro atoms. The van der Waals surface area contributed by atoms with Gasteiger partial charge in [-0.25, -0.2) is 4.98 Å². The number of nitrogens with one attached hydrogen (secondary N) is 1. The Kier molecular flexibility index (Phi) is 4.57. The fourth-order valence-corrected chi connectivity index (χ4v) is 1.92. The molecule has 0 bridgehead atoms. The molecule has 0 aromatic carbocycles. The van der Waals surface area contributed by atoms with Crippen LogP contribution in [0.1, 0.15) is 45.4 Å². The molecule has 0 fully saturated rings. The lowest BCUT2D eigenvalue weighted by atomic mass is 10.2. The summed E-state index contributed by atoms with van der Waals surface area (Å²) in [6.45, 7) is 6.28. The number of nitrogens with zero attached hydrogens (tertiary/aromatic N) is 2. The second kappa shape index (κ2) is 5.72. The van der Waals surface area contributed by atoms with Crippen molar-refractivity contribution < 1.29 is 0 Å². The highest BCUT2D eigenvalue weighted by Crippen LogP contribution is 2.18. The maximum absolute atomic E-state index is 5.42. The molecule has 0 aliphatic carbocycles. The van der Waals surface area contributed by atoms with E-state index >= 15 is 0 Å². The molecule has 0 amide bonds. The third-order valence-corrected chi connectivity index (χ3v) is 2.69. The second-order valence-corrected chi connectivity index (χ2v) is 4.52. The molecule has 1 rings (SSSR count). The monoisotopic (exact) mass is 223 g/mol. The van der Waals surface area contributed by atoms with Crippen LogP contribution >= 0.6 is 11.5 Å². The van der Waals surface area contributed by atoms with Crippen LogP contribution in [0.2, 0.25) is 0 Å². The second-order valence-electron chi connectivity index (χ2n) is 3.76. The third-order valence-electron chi connectivity index (χ3n) is 2.03. The van der Waals surface area contributed by atoms with E-state index in [0.717, 1.165) is 23.8 Å². The van der Waals surface area contributed by atoms with Crippen LogP contribution in [0.5, 0.6) is 0 Å². The Hall–Kier alpha value is -1.08. The minimum Gasteiger partial charge on any atom is -0.347 e. The number of rotatable bonds is 5. The van der Waals surface area contributed by atoms with Crippen molar-refractivity contribution >= 4 is 16.7 Å². The van der Waals surface area contributed by atoms with Gasteiger partial charge in [0.15, 0.2) is 0 Å². The van der Waals surface area contributed by atoms with Crippen molar-refractivity contribution in [2.24, 2.45) is 0 Å². The molecule has 0 aliphatic rings. The van der Waals surface area contributed by atoms with Crippen molar-refractivity contribution in [1.82, 2.24) is 9.36 Å². The minimum atomic E-state index is 0.0722. The molecule has 0 saturated carbocycles. The summed E-state index contributed by atoms with van der Waals surface area (Å²) in [7, 11) is 0. The van der Waals surface area contributed by atoms with Crippen LogP contribution < -0.4 is 5.32 Å². The Morgan fingerprint density at radius 2 is 2.27 bits per heavy atom. The van der Waals surface area contributed by atoms with Gasteiger partial charge in [-0.05, 0) is 6.42 Å². The first kappa shape index (κ1) is 12.0. The van der Waals surface area contributed by atoms with E-state index < -0.39 is 0 Å². The zero-order chi connectivity index (χ0) is 11.3. The van der Waals surface area contributed by atoms with Crippen LogP contribution in [0, 0.1) is 12.3 Å². The SMILES string of the molecule is C#CC(CCC)Nc1nc(C(C)C)ns1. The Balaban J connectivity index is 2.60. The quantitative estimate of drug-likeness (QED) is 0.780. The molecule has 1 heterocycles. The van der Waals surface area contributed by atoms with Crippen molar-refractivity contribution in [3.8, 4) is 12.3 Å². The van der Waals surface area contributed by atoms with Gasteiger partial charge in [-0.15, -0.1) is 6.42 Å². The van der Waals surface area contributed by atoms with Crippen LogP contribution in [0.3, 0.4) is 0 Å². The Bertz CT molecular complexity index is 338. The van der Waals surface area contributed by atoms with Crippen LogP contribution in [0.4, 0.5) is 5.13 Å². The van der Waals surface area contributed by atoms with Gasteiger partial charge in [-0.2, -0.15) is 4.37 Å². The highest BCUT2D eigenvalue weighted by molar-refractivity contribution is 7.09. The number of hydrogen-bond donors (Lipinski definition) is 1. The Labute approximate surface area is 95.5 Å². The molecular formula is C11H17N3S. The van der Waals surface area contributed by atoms with Crippen molar-refractivity contribution in [1.29, 1.82) is 0 Å². The summed E-state index contributed by atoms with van der Waals surface area (Å²) in [5.74, 6) is 3.97.